The van der Waals surface area contributed by atoms with Crippen LogP contribution in [0.1, 0.15) is 31.7 Å². The molecule has 1 saturated carbocycles. The summed E-state index contributed by atoms with van der Waals surface area (Å²) < 4.78 is 16.7. The van der Waals surface area contributed by atoms with Crippen molar-refractivity contribution in [3.63, 3.8) is 0 Å². The van der Waals surface area contributed by atoms with Gasteiger partial charge in [-0.15, -0.1) is 0 Å². The van der Waals surface area contributed by atoms with Crippen molar-refractivity contribution >= 4 is 6.09 Å². The average molecular weight is 277 g/mol. The van der Waals surface area contributed by atoms with Crippen molar-refractivity contribution < 1.29 is 19.0 Å². The second kappa shape index (κ2) is 4.89. The molecular weight excluding hydrogens is 258 g/mol. The molecular formula is C15H19NO4. The minimum absolute atomic E-state index is 0.274. The number of alkyl carbamates (subject to hydrolysis) is 1. The highest BCUT2D eigenvalue weighted by atomic mass is 16.6. The molecule has 1 aliphatic carbocycles. The molecule has 3 rings (SSSR count). The lowest BCUT2D eigenvalue weighted by atomic mass is 9.94. The highest BCUT2D eigenvalue weighted by molar-refractivity contribution is 5.70. The Hall–Kier alpha value is -1.91. The van der Waals surface area contributed by atoms with E-state index in [1.165, 1.54) is 6.42 Å². The fraction of sp³-hybridized carbons (Fsp3) is 0.533. The number of rotatable bonds is 4. The molecule has 1 aliphatic heterocycles. The summed E-state index contributed by atoms with van der Waals surface area (Å²) in [5, 5.41) is 2.69. The summed E-state index contributed by atoms with van der Waals surface area (Å²) in [5.74, 6) is 1.43. The van der Waals surface area contributed by atoms with Crippen molar-refractivity contribution in [3.8, 4) is 11.5 Å². The number of hydrogen-bond acceptors (Lipinski definition) is 4. The van der Waals surface area contributed by atoms with Gasteiger partial charge in [0.2, 0.25) is 0 Å². The zero-order valence-corrected chi connectivity index (χ0v) is 11.8. The number of nitrogens with one attached hydrogen (secondary N) is 1. The van der Waals surface area contributed by atoms with Crippen LogP contribution >= 0.6 is 0 Å². The molecule has 5 heteroatoms. The topological polar surface area (TPSA) is 56.8 Å². The largest absolute Gasteiger partial charge is 0.493 e. The Balaban J connectivity index is 1.88. The van der Waals surface area contributed by atoms with Crippen molar-refractivity contribution in [2.75, 3.05) is 13.7 Å². The van der Waals surface area contributed by atoms with Crippen LogP contribution in [-0.2, 0) is 10.3 Å². The van der Waals surface area contributed by atoms with Crippen LogP contribution in [-0.4, -0.2) is 25.9 Å². The summed E-state index contributed by atoms with van der Waals surface area (Å²) in [4.78, 5) is 11.3. The monoisotopic (exact) mass is 277 g/mol. The number of hydrogen-bond donors (Lipinski definition) is 1. The molecule has 1 aromatic rings. The van der Waals surface area contributed by atoms with Crippen molar-refractivity contribution in [1.29, 1.82) is 0 Å². The predicted octanol–water partition coefficient (Wildman–Crippen LogP) is 2.58. The van der Waals surface area contributed by atoms with Crippen LogP contribution < -0.4 is 14.8 Å². The first-order valence-electron chi connectivity index (χ1n) is 6.93. The SMILES string of the molecule is COc1ccc(C2(C)CNC(=O)O2)cc1OC1CCC1. The molecule has 5 nitrogen and oxygen atoms in total. The third-order valence-corrected chi connectivity index (χ3v) is 4.01. The van der Waals surface area contributed by atoms with E-state index in [4.69, 9.17) is 14.2 Å². The highest BCUT2D eigenvalue weighted by Gasteiger charge is 2.38. The Bertz CT molecular complexity index is 527. The van der Waals surface area contributed by atoms with Crippen LogP contribution in [0.5, 0.6) is 11.5 Å². The Morgan fingerprint density at radius 2 is 2.15 bits per heavy atom. The van der Waals surface area contributed by atoms with Gasteiger partial charge in [0.1, 0.15) is 0 Å². The van der Waals surface area contributed by atoms with Gasteiger partial charge in [-0.25, -0.2) is 4.79 Å². The lowest BCUT2D eigenvalue weighted by Crippen LogP contribution is -2.27. The lowest BCUT2D eigenvalue weighted by Gasteiger charge is -2.28. The summed E-state index contributed by atoms with van der Waals surface area (Å²) in [6.45, 7) is 2.35. The minimum atomic E-state index is -0.652. The standard InChI is InChI=1S/C15H19NO4/c1-15(9-16-14(17)20-15)10-6-7-12(18-2)13(8-10)19-11-4-3-5-11/h6-8,11H,3-5,9H2,1-2H3,(H,16,17). The number of cyclic esters (lactones) is 1. The van der Waals surface area contributed by atoms with Gasteiger partial charge in [-0.05, 0) is 38.3 Å². The summed E-state index contributed by atoms with van der Waals surface area (Å²) in [6, 6.07) is 5.69. The van der Waals surface area contributed by atoms with E-state index in [1.807, 2.05) is 25.1 Å². The van der Waals surface area contributed by atoms with Gasteiger partial charge < -0.3 is 19.5 Å². The van der Waals surface area contributed by atoms with Crippen molar-refractivity contribution in [2.24, 2.45) is 0 Å². The second-order valence-electron chi connectivity index (χ2n) is 5.51. The first kappa shape index (κ1) is 13.1. The third-order valence-electron chi connectivity index (χ3n) is 4.01. The number of amides is 1. The zero-order valence-electron chi connectivity index (χ0n) is 11.8. The maximum absolute atomic E-state index is 11.3. The van der Waals surface area contributed by atoms with Gasteiger partial charge in [0.15, 0.2) is 17.1 Å². The molecule has 1 heterocycles. The van der Waals surface area contributed by atoms with Crippen LogP contribution in [0, 0.1) is 0 Å². The summed E-state index contributed by atoms with van der Waals surface area (Å²) in [5.41, 5.74) is 0.257. The van der Waals surface area contributed by atoms with Gasteiger partial charge in [0.25, 0.3) is 0 Å². The minimum Gasteiger partial charge on any atom is -0.493 e. The Kier molecular flexibility index (Phi) is 3.20. The fourth-order valence-electron chi connectivity index (χ4n) is 2.44. The first-order chi connectivity index (χ1) is 9.60. The Morgan fingerprint density at radius 3 is 2.70 bits per heavy atom. The fourth-order valence-corrected chi connectivity index (χ4v) is 2.44. The van der Waals surface area contributed by atoms with E-state index in [2.05, 4.69) is 5.32 Å². The second-order valence-corrected chi connectivity index (χ2v) is 5.51. The molecule has 1 saturated heterocycles. The molecule has 0 bridgehead atoms. The molecule has 2 fully saturated rings. The van der Waals surface area contributed by atoms with Gasteiger partial charge in [0, 0.05) is 5.56 Å². The van der Waals surface area contributed by atoms with Gasteiger partial charge >= 0.3 is 6.09 Å². The quantitative estimate of drug-likeness (QED) is 0.919. The van der Waals surface area contributed by atoms with E-state index in [-0.39, 0.29) is 12.2 Å². The highest BCUT2D eigenvalue weighted by Crippen LogP contribution is 2.37. The number of methoxy groups -OCH3 is 1. The summed E-state index contributed by atoms with van der Waals surface area (Å²) in [6.07, 6.45) is 3.27. The van der Waals surface area contributed by atoms with Crippen LogP contribution in [0.3, 0.4) is 0 Å². The molecule has 1 unspecified atom stereocenters. The average Bonchev–Trinajstić information content (AvgIpc) is 2.75. The first-order valence-corrected chi connectivity index (χ1v) is 6.93. The van der Waals surface area contributed by atoms with E-state index in [9.17, 15) is 4.79 Å². The van der Waals surface area contributed by atoms with E-state index in [0.29, 0.717) is 12.3 Å². The molecule has 2 aliphatic rings. The van der Waals surface area contributed by atoms with Gasteiger partial charge in [0.05, 0.1) is 19.8 Å². The van der Waals surface area contributed by atoms with Gasteiger partial charge in [-0.3, -0.25) is 0 Å². The number of carbonyl (C=O) groups excluding carboxylic acids is 1. The van der Waals surface area contributed by atoms with Crippen LogP contribution in [0.4, 0.5) is 4.79 Å². The molecule has 20 heavy (non-hydrogen) atoms. The smallest absolute Gasteiger partial charge is 0.408 e. The molecule has 1 amide bonds. The van der Waals surface area contributed by atoms with Gasteiger partial charge in [-0.2, -0.15) is 0 Å². The molecule has 0 spiro atoms. The third kappa shape index (κ3) is 2.28. The van der Waals surface area contributed by atoms with E-state index in [1.54, 1.807) is 7.11 Å². The zero-order chi connectivity index (χ0) is 14.2. The van der Waals surface area contributed by atoms with Crippen molar-refractivity contribution in [1.82, 2.24) is 5.32 Å². The van der Waals surface area contributed by atoms with Gasteiger partial charge in [-0.1, -0.05) is 6.07 Å². The summed E-state index contributed by atoms with van der Waals surface area (Å²) in [7, 11) is 1.63. The maximum Gasteiger partial charge on any atom is 0.408 e. The number of carbonyl (C=O) groups is 1. The molecule has 0 radical (unpaired) electrons. The number of benzene rings is 1. The molecule has 1 aromatic carbocycles. The van der Waals surface area contributed by atoms with E-state index >= 15 is 0 Å². The molecule has 108 valence electrons. The maximum atomic E-state index is 11.3. The Morgan fingerprint density at radius 1 is 1.35 bits per heavy atom. The summed E-state index contributed by atoms with van der Waals surface area (Å²) >= 11 is 0. The normalized spacial score (nSPS) is 25.6. The van der Waals surface area contributed by atoms with E-state index < -0.39 is 5.60 Å². The van der Waals surface area contributed by atoms with Crippen LogP contribution in [0.2, 0.25) is 0 Å². The Labute approximate surface area is 118 Å². The van der Waals surface area contributed by atoms with Crippen LogP contribution in [0.15, 0.2) is 18.2 Å². The predicted molar refractivity (Wildman–Crippen MR) is 73.1 cm³/mol. The van der Waals surface area contributed by atoms with Crippen molar-refractivity contribution in [2.45, 2.75) is 37.9 Å². The van der Waals surface area contributed by atoms with Crippen LogP contribution in [0.25, 0.3) is 0 Å². The molecule has 1 N–H and O–H groups in total. The molecule has 0 aromatic heterocycles. The lowest BCUT2D eigenvalue weighted by molar-refractivity contribution is 0.0693. The van der Waals surface area contributed by atoms with Crippen molar-refractivity contribution in [3.05, 3.63) is 23.8 Å². The van der Waals surface area contributed by atoms with E-state index in [0.717, 1.165) is 24.2 Å². The molecule has 1 atom stereocenters. The number of ether oxygens (including phenoxy) is 3.